The first-order valence-corrected chi connectivity index (χ1v) is 6.90. The summed E-state index contributed by atoms with van der Waals surface area (Å²) in [7, 11) is 0. The highest BCUT2D eigenvalue weighted by Crippen LogP contribution is 2.17. The Morgan fingerprint density at radius 1 is 1.37 bits per heavy atom. The van der Waals surface area contributed by atoms with Crippen LogP contribution in [0.3, 0.4) is 0 Å². The van der Waals surface area contributed by atoms with E-state index in [9.17, 15) is 9.18 Å². The van der Waals surface area contributed by atoms with Gasteiger partial charge in [-0.1, -0.05) is 12.1 Å². The van der Waals surface area contributed by atoms with E-state index in [2.05, 4.69) is 10.6 Å². The molecule has 104 valence electrons. The third-order valence-electron chi connectivity index (χ3n) is 3.68. The molecular formula is C15H21FN2O. The predicted octanol–water partition coefficient (Wildman–Crippen LogP) is 2.39. The van der Waals surface area contributed by atoms with Gasteiger partial charge in [-0.2, -0.15) is 0 Å². The normalized spacial score (nSPS) is 18.0. The summed E-state index contributed by atoms with van der Waals surface area (Å²) >= 11 is 0. The molecule has 1 atom stereocenters. The van der Waals surface area contributed by atoms with Gasteiger partial charge in [0.1, 0.15) is 5.82 Å². The fourth-order valence-electron chi connectivity index (χ4n) is 2.48. The third-order valence-corrected chi connectivity index (χ3v) is 3.68. The van der Waals surface area contributed by atoms with Crippen LogP contribution >= 0.6 is 0 Å². The molecule has 1 aliphatic heterocycles. The van der Waals surface area contributed by atoms with E-state index >= 15 is 0 Å². The molecule has 1 heterocycles. The molecule has 1 aromatic rings. The van der Waals surface area contributed by atoms with Gasteiger partial charge in [0.2, 0.25) is 5.91 Å². The minimum atomic E-state index is -0.253. The predicted molar refractivity (Wildman–Crippen MR) is 73.2 cm³/mol. The molecule has 0 spiro atoms. The number of carbonyl (C=O) groups is 1. The van der Waals surface area contributed by atoms with Gasteiger partial charge in [-0.15, -0.1) is 0 Å². The molecule has 2 N–H and O–H groups in total. The lowest BCUT2D eigenvalue weighted by Crippen LogP contribution is -2.33. The molecule has 3 nitrogen and oxygen atoms in total. The number of nitrogens with one attached hydrogen (secondary N) is 2. The van der Waals surface area contributed by atoms with Crippen molar-refractivity contribution in [1.29, 1.82) is 0 Å². The second-order valence-corrected chi connectivity index (χ2v) is 5.24. The van der Waals surface area contributed by atoms with Crippen LogP contribution < -0.4 is 10.6 Å². The summed E-state index contributed by atoms with van der Waals surface area (Å²) in [6.07, 6.45) is 2.73. The number of hydrogen-bond acceptors (Lipinski definition) is 2. The average Bonchev–Trinajstić information content (AvgIpc) is 2.40. The number of piperidine rings is 1. The van der Waals surface area contributed by atoms with Crippen LogP contribution in [0.4, 0.5) is 4.39 Å². The van der Waals surface area contributed by atoms with Crippen molar-refractivity contribution in [2.24, 2.45) is 5.92 Å². The average molecular weight is 264 g/mol. The minimum absolute atomic E-state index is 0.0742. The lowest BCUT2D eigenvalue weighted by Gasteiger charge is -2.23. The lowest BCUT2D eigenvalue weighted by atomic mass is 9.94. The van der Waals surface area contributed by atoms with Gasteiger partial charge in [-0.25, -0.2) is 4.39 Å². The van der Waals surface area contributed by atoms with Crippen LogP contribution in [0.1, 0.15) is 37.8 Å². The Hall–Kier alpha value is -1.42. The van der Waals surface area contributed by atoms with Crippen molar-refractivity contribution in [2.75, 3.05) is 13.1 Å². The number of rotatable bonds is 4. The molecule has 0 radical (unpaired) electrons. The number of hydrogen-bond donors (Lipinski definition) is 2. The van der Waals surface area contributed by atoms with Gasteiger partial charge in [-0.05, 0) is 56.5 Å². The van der Waals surface area contributed by atoms with Crippen LogP contribution in [0.5, 0.6) is 0 Å². The molecule has 1 amide bonds. The molecule has 0 saturated carbocycles. The first-order chi connectivity index (χ1) is 9.15. The van der Waals surface area contributed by atoms with Crippen LogP contribution in [0.2, 0.25) is 0 Å². The zero-order valence-corrected chi connectivity index (χ0v) is 11.3. The standard InChI is InChI=1S/C15H21FN2O/c1-11(13-2-4-14(16)5-3-13)18-15(19)10-12-6-8-17-9-7-12/h2-5,11-12,17H,6-10H2,1H3,(H,18,19)/t11-/m0/s1. The van der Waals surface area contributed by atoms with E-state index in [-0.39, 0.29) is 17.8 Å². The highest BCUT2D eigenvalue weighted by atomic mass is 19.1. The minimum Gasteiger partial charge on any atom is -0.350 e. The molecule has 19 heavy (non-hydrogen) atoms. The van der Waals surface area contributed by atoms with Gasteiger partial charge in [0.25, 0.3) is 0 Å². The van der Waals surface area contributed by atoms with Crippen molar-refractivity contribution in [3.05, 3.63) is 35.6 Å². The number of benzene rings is 1. The molecule has 1 aromatic carbocycles. The van der Waals surface area contributed by atoms with Crippen molar-refractivity contribution >= 4 is 5.91 Å². The van der Waals surface area contributed by atoms with E-state index in [1.54, 1.807) is 12.1 Å². The third kappa shape index (κ3) is 4.31. The monoisotopic (exact) mass is 264 g/mol. The van der Waals surface area contributed by atoms with Gasteiger partial charge in [0, 0.05) is 6.42 Å². The molecule has 0 bridgehead atoms. The Bertz CT molecular complexity index is 413. The van der Waals surface area contributed by atoms with Crippen LogP contribution in [0.15, 0.2) is 24.3 Å². The Balaban J connectivity index is 1.82. The fraction of sp³-hybridized carbons (Fsp3) is 0.533. The fourth-order valence-corrected chi connectivity index (χ4v) is 2.48. The molecule has 0 aliphatic carbocycles. The summed E-state index contributed by atoms with van der Waals surface area (Å²) in [5, 5.41) is 6.27. The van der Waals surface area contributed by atoms with Crippen LogP contribution in [-0.2, 0) is 4.79 Å². The Kier molecular flexibility index (Phi) is 4.91. The van der Waals surface area contributed by atoms with Crippen LogP contribution in [0.25, 0.3) is 0 Å². The van der Waals surface area contributed by atoms with E-state index < -0.39 is 0 Å². The second kappa shape index (κ2) is 6.66. The maximum Gasteiger partial charge on any atom is 0.220 e. The lowest BCUT2D eigenvalue weighted by molar-refractivity contribution is -0.122. The Morgan fingerprint density at radius 3 is 2.63 bits per heavy atom. The van der Waals surface area contributed by atoms with Gasteiger partial charge in [0.05, 0.1) is 6.04 Å². The largest absolute Gasteiger partial charge is 0.350 e. The number of amides is 1. The Labute approximate surface area is 113 Å². The molecule has 1 aliphatic rings. The summed E-state index contributed by atoms with van der Waals surface area (Å²) in [6.45, 7) is 3.94. The molecule has 4 heteroatoms. The number of halogens is 1. The highest BCUT2D eigenvalue weighted by Gasteiger charge is 2.18. The van der Waals surface area contributed by atoms with E-state index in [4.69, 9.17) is 0 Å². The Morgan fingerprint density at radius 2 is 2.00 bits per heavy atom. The summed E-state index contributed by atoms with van der Waals surface area (Å²) in [5.74, 6) is 0.322. The summed E-state index contributed by atoms with van der Waals surface area (Å²) in [4.78, 5) is 12.0. The molecular weight excluding hydrogens is 243 g/mol. The maximum atomic E-state index is 12.8. The van der Waals surface area contributed by atoms with Crippen molar-refractivity contribution in [3.63, 3.8) is 0 Å². The van der Waals surface area contributed by atoms with Crippen LogP contribution in [0, 0.1) is 11.7 Å². The maximum absolute atomic E-state index is 12.8. The van der Waals surface area contributed by atoms with Gasteiger partial charge in [0.15, 0.2) is 0 Å². The highest BCUT2D eigenvalue weighted by molar-refractivity contribution is 5.76. The van der Waals surface area contributed by atoms with E-state index in [1.807, 2.05) is 6.92 Å². The zero-order valence-electron chi connectivity index (χ0n) is 11.3. The van der Waals surface area contributed by atoms with Crippen molar-refractivity contribution in [3.8, 4) is 0 Å². The van der Waals surface area contributed by atoms with Crippen LogP contribution in [-0.4, -0.2) is 19.0 Å². The zero-order chi connectivity index (χ0) is 13.7. The SMILES string of the molecule is C[C@H](NC(=O)CC1CCNCC1)c1ccc(F)cc1. The molecule has 1 fully saturated rings. The van der Waals surface area contributed by atoms with E-state index in [0.29, 0.717) is 12.3 Å². The quantitative estimate of drug-likeness (QED) is 0.876. The first-order valence-electron chi connectivity index (χ1n) is 6.90. The molecule has 0 aromatic heterocycles. The summed E-state index contributed by atoms with van der Waals surface area (Å²) in [6, 6.07) is 6.19. The van der Waals surface area contributed by atoms with Gasteiger partial charge >= 0.3 is 0 Å². The molecule has 1 saturated heterocycles. The van der Waals surface area contributed by atoms with Crippen molar-refractivity contribution in [2.45, 2.75) is 32.2 Å². The molecule has 0 unspecified atom stereocenters. The van der Waals surface area contributed by atoms with Crippen molar-refractivity contribution in [1.82, 2.24) is 10.6 Å². The topological polar surface area (TPSA) is 41.1 Å². The van der Waals surface area contributed by atoms with Gasteiger partial charge in [-0.3, -0.25) is 4.79 Å². The van der Waals surface area contributed by atoms with Gasteiger partial charge < -0.3 is 10.6 Å². The molecule has 2 rings (SSSR count). The number of carbonyl (C=O) groups excluding carboxylic acids is 1. The smallest absolute Gasteiger partial charge is 0.220 e. The summed E-state index contributed by atoms with van der Waals surface area (Å²) < 4.78 is 12.8. The first kappa shape index (κ1) is 14.0. The second-order valence-electron chi connectivity index (χ2n) is 5.24. The van der Waals surface area contributed by atoms with E-state index in [0.717, 1.165) is 31.5 Å². The van der Waals surface area contributed by atoms with E-state index in [1.165, 1.54) is 12.1 Å². The van der Waals surface area contributed by atoms with Crippen molar-refractivity contribution < 1.29 is 9.18 Å². The summed E-state index contributed by atoms with van der Waals surface area (Å²) in [5.41, 5.74) is 0.931.